The molecule has 3 aromatic rings. The van der Waals surface area contributed by atoms with E-state index in [0.29, 0.717) is 23.8 Å². The van der Waals surface area contributed by atoms with Crippen molar-refractivity contribution in [1.29, 1.82) is 0 Å². The maximum Gasteiger partial charge on any atom is 0.270 e. The van der Waals surface area contributed by atoms with E-state index >= 15 is 0 Å². The Hall–Kier alpha value is -3.07. The number of nitrogens with zero attached hydrogens (tertiary/aromatic N) is 6. The first-order chi connectivity index (χ1) is 15.1. The third-order valence-corrected chi connectivity index (χ3v) is 6.07. The molecule has 0 aliphatic carbocycles. The maximum atomic E-state index is 12.8. The van der Waals surface area contributed by atoms with Crippen LogP contribution >= 0.6 is 0 Å². The van der Waals surface area contributed by atoms with Crippen LogP contribution < -0.4 is 10.2 Å². The summed E-state index contributed by atoms with van der Waals surface area (Å²) in [4.78, 5) is 28.8. The van der Waals surface area contributed by atoms with Crippen LogP contribution in [-0.2, 0) is 4.74 Å². The van der Waals surface area contributed by atoms with Crippen LogP contribution in [0.2, 0.25) is 0 Å². The monoisotopic (exact) mass is 421 g/mol. The fourth-order valence-electron chi connectivity index (χ4n) is 4.41. The first-order valence-corrected chi connectivity index (χ1v) is 10.9. The van der Waals surface area contributed by atoms with Crippen LogP contribution in [0.15, 0.2) is 24.4 Å². The van der Waals surface area contributed by atoms with Crippen molar-refractivity contribution < 1.29 is 9.53 Å². The third-order valence-electron chi connectivity index (χ3n) is 6.07. The second kappa shape index (κ2) is 8.22. The lowest BCUT2D eigenvalue weighted by Gasteiger charge is -2.23. The number of carbonyl (C=O) groups is 1. The van der Waals surface area contributed by atoms with Crippen molar-refractivity contribution in [2.45, 2.75) is 45.1 Å². The van der Waals surface area contributed by atoms with Gasteiger partial charge in [0.1, 0.15) is 5.69 Å². The van der Waals surface area contributed by atoms with Crippen LogP contribution in [0.4, 0.5) is 5.95 Å². The summed E-state index contributed by atoms with van der Waals surface area (Å²) in [5.74, 6) is 1.02. The summed E-state index contributed by atoms with van der Waals surface area (Å²) < 4.78 is 7.22. The van der Waals surface area contributed by atoms with Crippen molar-refractivity contribution in [1.82, 2.24) is 29.9 Å². The molecule has 2 saturated heterocycles. The van der Waals surface area contributed by atoms with E-state index in [1.165, 1.54) is 0 Å². The van der Waals surface area contributed by atoms with Gasteiger partial charge in [-0.25, -0.2) is 19.5 Å². The summed E-state index contributed by atoms with van der Waals surface area (Å²) in [5.41, 5.74) is 3.96. The zero-order valence-corrected chi connectivity index (χ0v) is 17.9. The molecule has 2 aliphatic heterocycles. The normalized spacial score (nSPS) is 19.8. The summed E-state index contributed by atoms with van der Waals surface area (Å²) in [6.07, 6.45) is 4.70. The molecule has 0 saturated carbocycles. The Balaban J connectivity index is 1.25. The van der Waals surface area contributed by atoms with E-state index in [2.05, 4.69) is 25.3 Å². The lowest BCUT2D eigenvalue weighted by Crippen LogP contribution is -2.38. The Bertz CT molecular complexity index is 1110. The van der Waals surface area contributed by atoms with Crippen molar-refractivity contribution in [3.05, 3.63) is 47.2 Å². The van der Waals surface area contributed by atoms with Crippen LogP contribution in [0.3, 0.4) is 0 Å². The molecule has 5 rings (SSSR count). The van der Waals surface area contributed by atoms with Gasteiger partial charge in [0, 0.05) is 61.9 Å². The molecule has 1 atom stereocenters. The van der Waals surface area contributed by atoms with E-state index < -0.39 is 0 Å². The SMILES string of the molecule is Cc1cc2nc(C(=O)NC3CCN(c4nccc(C5CCOCC5)n4)C3)cc(C)n2n1. The smallest absolute Gasteiger partial charge is 0.270 e. The predicted octanol–water partition coefficient (Wildman–Crippen LogP) is 2.04. The van der Waals surface area contributed by atoms with Crippen molar-refractivity contribution >= 4 is 17.5 Å². The summed E-state index contributed by atoms with van der Waals surface area (Å²) in [7, 11) is 0. The van der Waals surface area contributed by atoms with Crippen molar-refractivity contribution in [3.63, 3.8) is 0 Å². The minimum Gasteiger partial charge on any atom is -0.381 e. The van der Waals surface area contributed by atoms with Crippen molar-refractivity contribution in [2.75, 3.05) is 31.2 Å². The number of nitrogens with one attached hydrogen (secondary N) is 1. The van der Waals surface area contributed by atoms with E-state index in [4.69, 9.17) is 9.72 Å². The first-order valence-electron chi connectivity index (χ1n) is 10.9. The van der Waals surface area contributed by atoms with E-state index in [1.807, 2.05) is 32.2 Å². The quantitative estimate of drug-likeness (QED) is 0.688. The zero-order valence-electron chi connectivity index (χ0n) is 17.9. The van der Waals surface area contributed by atoms with Gasteiger partial charge < -0.3 is 15.0 Å². The second-order valence-electron chi connectivity index (χ2n) is 8.41. The number of aryl methyl sites for hydroxylation is 2. The standard InChI is InChI=1S/C22H27N7O2/c1-14-11-20-25-19(12-15(2)29(20)27-14)21(30)24-17-4-8-28(13-17)22-23-7-3-18(26-22)16-5-9-31-10-6-16/h3,7,11-12,16-17H,4-6,8-10,13H2,1-2H3,(H,24,30). The zero-order chi connectivity index (χ0) is 21.4. The number of amides is 1. The van der Waals surface area contributed by atoms with Gasteiger partial charge in [0.15, 0.2) is 5.65 Å². The topological polar surface area (TPSA) is 97.5 Å². The predicted molar refractivity (Wildman–Crippen MR) is 115 cm³/mol. The third kappa shape index (κ3) is 4.10. The number of fused-ring (bicyclic) bond motifs is 1. The molecule has 0 bridgehead atoms. The first kappa shape index (κ1) is 19.9. The molecule has 1 unspecified atom stereocenters. The highest BCUT2D eigenvalue weighted by atomic mass is 16.5. The van der Waals surface area contributed by atoms with Crippen molar-refractivity contribution in [2.24, 2.45) is 0 Å². The van der Waals surface area contributed by atoms with E-state index in [0.717, 1.165) is 62.1 Å². The van der Waals surface area contributed by atoms with Crippen LogP contribution in [0.1, 0.15) is 52.8 Å². The van der Waals surface area contributed by atoms with Gasteiger partial charge in [-0.2, -0.15) is 5.10 Å². The minimum absolute atomic E-state index is 0.0350. The van der Waals surface area contributed by atoms with E-state index in [1.54, 1.807) is 10.6 Å². The summed E-state index contributed by atoms with van der Waals surface area (Å²) in [5, 5.41) is 7.52. The summed E-state index contributed by atoms with van der Waals surface area (Å²) in [6, 6.07) is 5.70. The maximum absolute atomic E-state index is 12.8. The molecule has 1 N–H and O–H groups in total. The van der Waals surface area contributed by atoms with Gasteiger partial charge in [-0.1, -0.05) is 0 Å². The number of ether oxygens (including phenoxy) is 1. The number of aromatic nitrogens is 5. The Morgan fingerprint density at radius 1 is 1.16 bits per heavy atom. The summed E-state index contributed by atoms with van der Waals surface area (Å²) >= 11 is 0. The average molecular weight is 422 g/mol. The van der Waals surface area contributed by atoms with E-state index in [9.17, 15) is 4.79 Å². The van der Waals surface area contributed by atoms with Gasteiger partial charge in [0.25, 0.3) is 5.91 Å². The minimum atomic E-state index is -0.159. The molecule has 2 aliphatic rings. The molecule has 31 heavy (non-hydrogen) atoms. The Morgan fingerprint density at radius 2 is 2.00 bits per heavy atom. The molecule has 2 fully saturated rings. The number of carbonyl (C=O) groups excluding carboxylic acids is 1. The fraction of sp³-hybridized carbons (Fsp3) is 0.500. The molecule has 0 aromatic carbocycles. The van der Waals surface area contributed by atoms with Crippen LogP contribution in [0.25, 0.3) is 5.65 Å². The van der Waals surface area contributed by atoms with Gasteiger partial charge in [-0.05, 0) is 45.2 Å². The van der Waals surface area contributed by atoms with Crippen molar-refractivity contribution in [3.8, 4) is 0 Å². The average Bonchev–Trinajstić information content (AvgIpc) is 3.40. The lowest BCUT2D eigenvalue weighted by molar-refractivity contribution is 0.0845. The molecule has 5 heterocycles. The van der Waals surface area contributed by atoms with Crippen LogP contribution in [0.5, 0.6) is 0 Å². The Labute approximate surface area is 180 Å². The molecular weight excluding hydrogens is 394 g/mol. The Kier molecular flexibility index (Phi) is 5.27. The molecular formula is C22H27N7O2. The largest absolute Gasteiger partial charge is 0.381 e. The molecule has 0 radical (unpaired) electrons. The summed E-state index contributed by atoms with van der Waals surface area (Å²) in [6.45, 7) is 6.93. The number of rotatable bonds is 4. The van der Waals surface area contributed by atoms with Crippen LogP contribution in [0, 0.1) is 13.8 Å². The number of hydrogen-bond acceptors (Lipinski definition) is 7. The molecule has 0 spiro atoms. The van der Waals surface area contributed by atoms with Gasteiger partial charge >= 0.3 is 0 Å². The van der Waals surface area contributed by atoms with Gasteiger partial charge in [-0.3, -0.25) is 4.79 Å². The van der Waals surface area contributed by atoms with E-state index in [-0.39, 0.29) is 11.9 Å². The van der Waals surface area contributed by atoms with Gasteiger partial charge in [0.2, 0.25) is 5.95 Å². The molecule has 1 amide bonds. The van der Waals surface area contributed by atoms with Gasteiger partial charge in [-0.15, -0.1) is 0 Å². The lowest BCUT2D eigenvalue weighted by atomic mass is 9.96. The number of hydrogen-bond donors (Lipinski definition) is 1. The molecule has 3 aromatic heterocycles. The second-order valence-corrected chi connectivity index (χ2v) is 8.41. The van der Waals surface area contributed by atoms with Crippen LogP contribution in [-0.4, -0.2) is 62.8 Å². The number of anilines is 1. The Morgan fingerprint density at radius 3 is 2.84 bits per heavy atom. The molecule has 9 nitrogen and oxygen atoms in total. The fourth-order valence-corrected chi connectivity index (χ4v) is 4.41. The highest BCUT2D eigenvalue weighted by molar-refractivity contribution is 5.93. The molecule has 9 heteroatoms. The highest BCUT2D eigenvalue weighted by Crippen LogP contribution is 2.27. The highest BCUT2D eigenvalue weighted by Gasteiger charge is 2.27. The molecule has 162 valence electrons. The van der Waals surface area contributed by atoms with Gasteiger partial charge in [0.05, 0.1) is 5.69 Å².